The van der Waals surface area contributed by atoms with E-state index in [9.17, 15) is 4.79 Å². The van der Waals surface area contributed by atoms with Crippen molar-refractivity contribution in [1.82, 2.24) is 10.2 Å². The number of likely N-dealkylation sites (tertiary alicyclic amines) is 1. The summed E-state index contributed by atoms with van der Waals surface area (Å²) in [4.78, 5) is 14.8. The number of rotatable bonds is 5. The van der Waals surface area contributed by atoms with E-state index in [2.05, 4.69) is 34.5 Å². The molecule has 1 aromatic carbocycles. The molecule has 1 aliphatic heterocycles. The number of hydrogen-bond acceptors (Lipinski definition) is 2. The first-order valence-corrected chi connectivity index (χ1v) is 8.93. The van der Waals surface area contributed by atoms with Crippen molar-refractivity contribution in [3.8, 4) is 0 Å². The summed E-state index contributed by atoms with van der Waals surface area (Å²) >= 11 is 0. The minimum Gasteiger partial charge on any atom is -0.396 e. The molecule has 126 valence electrons. The number of nitrogens with one attached hydrogen (secondary N) is 1. The van der Waals surface area contributed by atoms with Gasteiger partial charge in [0.05, 0.1) is 5.54 Å². The normalized spacial score (nSPS) is 27.7. The van der Waals surface area contributed by atoms with Gasteiger partial charge in [0.2, 0.25) is 0 Å². The number of urea groups is 1. The van der Waals surface area contributed by atoms with Gasteiger partial charge in [-0.15, -0.1) is 0 Å². The van der Waals surface area contributed by atoms with Gasteiger partial charge in [-0.2, -0.15) is 0 Å². The fraction of sp³-hybridized carbons (Fsp3) is 0.632. The molecule has 1 heterocycles. The molecule has 0 bridgehead atoms. The van der Waals surface area contributed by atoms with Gasteiger partial charge in [0.25, 0.3) is 0 Å². The lowest BCUT2D eigenvalue weighted by atomic mass is 9.62. The first-order chi connectivity index (χ1) is 11.2. The van der Waals surface area contributed by atoms with Crippen LogP contribution >= 0.6 is 0 Å². The van der Waals surface area contributed by atoms with Crippen molar-refractivity contribution >= 4 is 6.03 Å². The summed E-state index contributed by atoms with van der Waals surface area (Å²) in [5.41, 5.74) is 1.19. The van der Waals surface area contributed by atoms with Crippen LogP contribution in [0, 0.1) is 5.92 Å². The van der Waals surface area contributed by atoms with Crippen molar-refractivity contribution in [2.24, 2.45) is 5.92 Å². The number of nitrogens with zero attached hydrogens (tertiary/aromatic N) is 1. The first kappa shape index (κ1) is 16.3. The lowest BCUT2D eigenvalue weighted by Gasteiger charge is -2.61. The summed E-state index contributed by atoms with van der Waals surface area (Å²) in [5, 5.41) is 12.1. The maximum atomic E-state index is 12.8. The number of carbonyl (C=O) groups excluding carboxylic acids is 1. The van der Waals surface area contributed by atoms with E-state index in [1.165, 1.54) is 24.8 Å². The minimum atomic E-state index is -0.0969. The number of amides is 2. The fourth-order valence-electron chi connectivity index (χ4n) is 4.38. The van der Waals surface area contributed by atoms with E-state index < -0.39 is 0 Å². The number of hydrogen-bond donors (Lipinski definition) is 2. The predicted molar refractivity (Wildman–Crippen MR) is 91.1 cm³/mol. The second-order valence-corrected chi connectivity index (χ2v) is 7.06. The van der Waals surface area contributed by atoms with Crippen LogP contribution in [-0.4, -0.2) is 35.2 Å². The Balaban J connectivity index is 1.75. The van der Waals surface area contributed by atoms with Crippen LogP contribution in [0.2, 0.25) is 0 Å². The van der Waals surface area contributed by atoms with E-state index in [4.69, 9.17) is 5.11 Å². The summed E-state index contributed by atoms with van der Waals surface area (Å²) in [5.74, 6) is 0.595. The van der Waals surface area contributed by atoms with Crippen LogP contribution in [0.5, 0.6) is 0 Å². The molecule has 0 spiro atoms. The maximum Gasteiger partial charge on any atom is 0.318 e. The van der Waals surface area contributed by atoms with Crippen LogP contribution in [0.3, 0.4) is 0 Å². The van der Waals surface area contributed by atoms with E-state index in [0.717, 1.165) is 25.8 Å². The molecule has 0 radical (unpaired) electrons. The molecule has 3 rings (SSSR count). The van der Waals surface area contributed by atoms with Crippen LogP contribution < -0.4 is 5.32 Å². The number of aliphatic hydroxyl groups is 1. The van der Waals surface area contributed by atoms with Gasteiger partial charge in [0.1, 0.15) is 0 Å². The van der Waals surface area contributed by atoms with Crippen molar-refractivity contribution in [2.45, 2.75) is 57.0 Å². The highest BCUT2D eigenvalue weighted by molar-refractivity contribution is 5.77. The molecule has 0 aromatic heterocycles. The van der Waals surface area contributed by atoms with E-state index in [0.29, 0.717) is 5.92 Å². The molecule has 1 saturated carbocycles. The second kappa shape index (κ2) is 6.91. The van der Waals surface area contributed by atoms with Gasteiger partial charge in [-0.05, 0) is 38.2 Å². The molecule has 2 amide bonds. The highest BCUT2D eigenvalue weighted by atomic mass is 16.3. The summed E-state index contributed by atoms with van der Waals surface area (Å²) in [6.07, 6.45) is 6.31. The van der Waals surface area contributed by atoms with E-state index in [-0.39, 0.29) is 24.2 Å². The third-order valence-corrected chi connectivity index (χ3v) is 5.60. The fourth-order valence-corrected chi connectivity index (χ4v) is 4.38. The first-order valence-electron chi connectivity index (χ1n) is 8.93. The highest BCUT2D eigenvalue weighted by Gasteiger charge is 2.57. The summed E-state index contributed by atoms with van der Waals surface area (Å²) < 4.78 is 0. The summed E-state index contributed by atoms with van der Waals surface area (Å²) in [6.45, 7) is 3.06. The van der Waals surface area contributed by atoms with Crippen LogP contribution in [0.4, 0.5) is 4.79 Å². The molecule has 1 aliphatic carbocycles. The maximum absolute atomic E-state index is 12.8. The molecule has 1 saturated heterocycles. The zero-order valence-corrected chi connectivity index (χ0v) is 14.0. The molecule has 2 N–H and O–H groups in total. The molecular formula is C19H28N2O2. The molecule has 1 aromatic rings. The van der Waals surface area contributed by atoms with Gasteiger partial charge in [0, 0.05) is 25.1 Å². The number of aliphatic hydroxyl groups excluding tert-OH is 1. The lowest BCUT2D eigenvalue weighted by molar-refractivity contribution is -0.0798. The van der Waals surface area contributed by atoms with Gasteiger partial charge in [-0.3, -0.25) is 0 Å². The van der Waals surface area contributed by atoms with Crippen molar-refractivity contribution in [3.63, 3.8) is 0 Å². The predicted octanol–water partition coefficient (Wildman–Crippen LogP) is 3.26. The highest BCUT2D eigenvalue weighted by Crippen LogP contribution is 2.53. The third-order valence-electron chi connectivity index (χ3n) is 5.60. The van der Waals surface area contributed by atoms with Crippen LogP contribution in [0.25, 0.3) is 0 Å². The average molecular weight is 316 g/mol. The van der Waals surface area contributed by atoms with Crippen LogP contribution in [0.1, 0.15) is 51.0 Å². The van der Waals surface area contributed by atoms with Gasteiger partial charge in [-0.25, -0.2) is 4.79 Å². The Morgan fingerprint density at radius 2 is 2.17 bits per heavy atom. The lowest BCUT2D eigenvalue weighted by Crippen LogP contribution is -2.69. The number of fused-ring (bicyclic) bond motifs is 1. The Kier molecular flexibility index (Phi) is 4.90. The number of benzene rings is 1. The Bertz CT molecular complexity index is 533. The van der Waals surface area contributed by atoms with Crippen LogP contribution in [-0.2, 0) is 5.54 Å². The standard InChI is InChI=1S/C19H28N2O2/c1-15(8-7-13-22)20-18(23)21-14-17-11-5-6-12-19(17,21)16-9-3-2-4-10-16/h2-4,9-10,15,17,22H,5-8,11-14H2,1H3,(H,20,23). The SMILES string of the molecule is CC(CCCO)NC(=O)N1CC2CCCCC21c1ccccc1. The molecular weight excluding hydrogens is 288 g/mol. The summed E-state index contributed by atoms with van der Waals surface area (Å²) in [7, 11) is 0. The Morgan fingerprint density at radius 1 is 1.39 bits per heavy atom. The van der Waals surface area contributed by atoms with Crippen molar-refractivity contribution in [2.75, 3.05) is 13.2 Å². The summed E-state index contributed by atoms with van der Waals surface area (Å²) in [6, 6.07) is 10.7. The minimum absolute atomic E-state index is 0.0532. The monoisotopic (exact) mass is 316 g/mol. The third kappa shape index (κ3) is 2.97. The second-order valence-electron chi connectivity index (χ2n) is 7.06. The Hall–Kier alpha value is -1.55. The largest absolute Gasteiger partial charge is 0.396 e. The molecule has 2 aliphatic rings. The van der Waals surface area contributed by atoms with Gasteiger partial charge < -0.3 is 15.3 Å². The van der Waals surface area contributed by atoms with E-state index in [1.54, 1.807) is 0 Å². The van der Waals surface area contributed by atoms with E-state index >= 15 is 0 Å². The number of carbonyl (C=O) groups is 1. The van der Waals surface area contributed by atoms with Gasteiger partial charge >= 0.3 is 6.03 Å². The molecule has 2 fully saturated rings. The van der Waals surface area contributed by atoms with Crippen molar-refractivity contribution in [1.29, 1.82) is 0 Å². The molecule has 4 heteroatoms. The van der Waals surface area contributed by atoms with Crippen LogP contribution in [0.15, 0.2) is 30.3 Å². The zero-order chi connectivity index (χ0) is 16.3. The molecule has 4 nitrogen and oxygen atoms in total. The Labute approximate surface area is 138 Å². The van der Waals surface area contributed by atoms with Crippen molar-refractivity contribution in [3.05, 3.63) is 35.9 Å². The van der Waals surface area contributed by atoms with Crippen molar-refractivity contribution < 1.29 is 9.90 Å². The van der Waals surface area contributed by atoms with E-state index in [1.807, 2.05) is 13.0 Å². The topological polar surface area (TPSA) is 52.6 Å². The van der Waals surface area contributed by atoms with Gasteiger partial charge in [0.15, 0.2) is 0 Å². The zero-order valence-electron chi connectivity index (χ0n) is 14.0. The quantitative estimate of drug-likeness (QED) is 0.876. The smallest absolute Gasteiger partial charge is 0.318 e. The molecule has 3 unspecified atom stereocenters. The molecule has 23 heavy (non-hydrogen) atoms. The van der Waals surface area contributed by atoms with Gasteiger partial charge in [-0.1, -0.05) is 43.2 Å². The molecule has 3 atom stereocenters. The average Bonchev–Trinajstić information content (AvgIpc) is 2.55. The Morgan fingerprint density at radius 3 is 2.87 bits per heavy atom.